The Morgan fingerprint density at radius 2 is 1.61 bits per heavy atom. The smallest absolute Gasteiger partial charge is 0.308 e. The van der Waals surface area contributed by atoms with E-state index in [9.17, 15) is 4.79 Å². The fraction of sp³-hybridized carbons (Fsp3) is 0.536. The van der Waals surface area contributed by atoms with Crippen LogP contribution in [0.2, 0.25) is 0 Å². The molecule has 4 atom stereocenters. The normalized spacial score (nSPS) is 22.2. The summed E-state index contributed by atoms with van der Waals surface area (Å²) in [6.45, 7) is 14.4. The highest BCUT2D eigenvalue weighted by atomic mass is 16.8. The fourth-order valence-electron chi connectivity index (χ4n) is 4.59. The molecule has 0 saturated carbocycles. The minimum Gasteiger partial charge on any atom is -0.460 e. The molecule has 2 aromatic rings. The minimum atomic E-state index is -0.704. The Balaban J connectivity index is 2.00. The molecule has 2 aromatic carbocycles. The number of hydrogen-bond donors (Lipinski definition) is 0. The SMILES string of the molecule is C[C@@H]1OC(C)(C)O[C@H]1[C@@H](CC(=O)OC(C)(C)C)N(Cc1ccccc1)[C@@H](C)c1ccccc1. The van der Waals surface area contributed by atoms with Crippen LogP contribution in [0.3, 0.4) is 0 Å². The van der Waals surface area contributed by atoms with E-state index in [0.717, 1.165) is 0 Å². The summed E-state index contributed by atoms with van der Waals surface area (Å²) in [6, 6.07) is 20.6. The maximum Gasteiger partial charge on any atom is 0.308 e. The minimum absolute atomic E-state index is 0.0540. The van der Waals surface area contributed by atoms with Crippen molar-refractivity contribution in [2.45, 2.75) is 97.1 Å². The summed E-state index contributed by atoms with van der Waals surface area (Å²) in [5, 5.41) is 0. The molecule has 5 heteroatoms. The van der Waals surface area contributed by atoms with Gasteiger partial charge < -0.3 is 14.2 Å². The molecule has 0 aliphatic carbocycles. The van der Waals surface area contributed by atoms with Crippen LogP contribution < -0.4 is 0 Å². The number of nitrogens with zero attached hydrogens (tertiary/aromatic N) is 1. The van der Waals surface area contributed by atoms with Gasteiger partial charge in [0, 0.05) is 18.6 Å². The van der Waals surface area contributed by atoms with Gasteiger partial charge in [0.05, 0.1) is 12.5 Å². The monoisotopic (exact) mass is 453 g/mol. The lowest BCUT2D eigenvalue weighted by Gasteiger charge is -2.40. The zero-order valence-electron chi connectivity index (χ0n) is 21.1. The average molecular weight is 454 g/mol. The van der Waals surface area contributed by atoms with Crippen LogP contribution in [-0.2, 0) is 25.5 Å². The molecule has 33 heavy (non-hydrogen) atoms. The second-order valence-corrected chi connectivity index (χ2v) is 10.4. The van der Waals surface area contributed by atoms with E-state index >= 15 is 0 Å². The molecule has 0 N–H and O–H groups in total. The average Bonchev–Trinajstić information content (AvgIpc) is 3.02. The molecule has 0 amide bonds. The Bertz CT molecular complexity index is 891. The Hall–Kier alpha value is -2.21. The van der Waals surface area contributed by atoms with E-state index in [2.05, 4.69) is 48.2 Å². The molecule has 0 unspecified atom stereocenters. The first-order valence-electron chi connectivity index (χ1n) is 11.9. The van der Waals surface area contributed by atoms with Crippen LogP contribution in [0.25, 0.3) is 0 Å². The molecule has 1 aliphatic rings. The number of carbonyl (C=O) groups is 1. The summed E-state index contributed by atoms with van der Waals surface area (Å²) >= 11 is 0. The Morgan fingerprint density at radius 1 is 1.03 bits per heavy atom. The van der Waals surface area contributed by atoms with E-state index in [1.54, 1.807) is 0 Å². The van der Waals surface area contributed by atoms with Gasteiger partial charge in [0.1, 0.15) is 11.7 Å². The van der Waals surface area contributed by atoms with Crippen LogP contribution in [0.5, 0.6) is 0 Å². The summed E-state index contributed by atoms with van der Waals surface area (Å²) in [5.41, 5.74) is 1.82. The van der Waals surface area contributed by atoms with Gasteiger partial charge in [-0.05, 0) is 59.6 Å². The first kappa shape index (κ1) is 25.4. The van der Waals surface area contributed by atoms with Crippen LogP contribution in [0, 0.1) is 0 Å². The predicted octanol–water partition coefficient (Wildman–Crippen LogP) is 5.89. The van der Waals surface area contributed by atoms with Crippen molar-refractivity contribution < 1.29 is 19.0 Å². The van der Waals surface area contributed by atoms with Crippen LogP contribution in [0.4, 0.5) is 0 Å². The zero-order chi connectivity index (χ0) is 24.2. The third-order valence-corrected chi connectivity index (χ3v) is 5.94. The summed E-state index contributed by atoms with van der Waals surface area (Å²) in [6.07, 6.45) is -0.216. The maximum absolute atomic E-state index is 13.1. The van der Waals surface area contributed by atoms with Crippen LogP contribution >= 0.6 is 0 Å². The molecule has 1 fully saturated rings. The number of hydrogen-bond acceptors (Lipinski definition) is 5. The quantitative estimate of drug-likeness (QED) is 0.467. The number of carbonyl (C=O) groups excluding carboxylic acids is 1. The van der Waals surface area contributed by atoms with Gasteiger partial charge in [-0.3, -0.25) is 9.69 Å². The highest BCUT2D eigenvalue weighted by Crippen LogP contribution is 2.36. The zero-order valence-corrected chi connectivity index (χ0v) is 21.1. The molecule has 1 heterocycles. The molecule has 0 bridgehead atoms. The van der Waals surface area contributed by atoms with Crippen molar-refractivity contribution in [1.82, 2.24) is 4.90 Å². The Labute approximate surface area is 199 Å². The van der Waals surface area contributed by atoms with E-state index in [1.807, 2.05) is 65.8 Å². The van der Waals surface area contributed by atoms with Crippen LogP contribution in [-0.4, -0.2) is 40.5 Å². The third-order valence-electron chi connectivity index (χ3n) is 5.94. The lowest BCUT2D eigenvalue weighted by molar-refractivity contribution is -0.165. The molecule has 0 aromatic heterocycles. The number of benzene rings is 2. The topological polar surface area (TPSA) is 48.0 Å². The van der Waals surface area contributed by atoms with E-state index < -0.39 is 11.4 Å². The molecule has 180 valence electrons. The van der Waals surface area contributed by atoms with Gasteiger partial charge in [0.15, 0.2) is 5.79 Å². The van der Waals surface area contributed by atoms with E-state index in [0.29, 0.717) is 6.54 Å². The van der Waals surface area contributed by atoms with E-state index in [4.69, 9.17) is 14.2 Å². The lowest BCUT2D eigenvalue weighted by Crippen LogP contribution is -2.49. The number of esters is 1. The molecular formula is C28H39NO4. The van der Waals surface area contributed by atoms with Crippen molar-refractivity contribution >= 4 is 5.97 Å². The largest absolute Gasteiger partial charge is 0.460 e. The van der Waals surface area contributed by atoms with Gasteiger partial charge in [-0.25, -0.2) is 0 Å². The molecule has 1 aliphatic heterocycles. The van der Waals surface area contributed by atoms with Gasteiger partial charge in [0.2, 0.25) is 0 Å². The standard InChI is InChI=1S/C28H39NO4/c1-20(23-16-12-9-13-17-23)29(19-22-14-10-8-11-15-22)24(18-25(30)32-27(3,4)5)26-21(2)31-28(6,7)33-26/h8-17,20-21,24,26H,18-19H2,1-7H3/t20-,21-,24+,26+/m0/s1. The van der Waals surface area contributed by atoms with Crippen molar-refractivity contribution in [2.75, 3.05) is 0 Å². The highest BCUT2D eigenvalue weighted by Gasteiger charge is 2.46. The van der Waals surface area contributed by atoms with Crippen LogP contribution in [0.1, 0.15) is 72.1 Å². The van der Waals surface area contributed by atoms with Crippen molar-refractivity contribution in [3.05, 3.63) is 71.8 Å². The molecule has 5 nitrogen and oxygen atoms in total. The molecule has 0 radical (unpaired) electrons. The second-order valence-electron chi connectivity index (χ2n) is 10.4. The lowest BCUT2D eigenvalue weighted by atomic mass is 9.96. The fourth-order valence-corrected chi connectivity index (χ4v) is 4.59. The van der Waals surface area contributed by atoms with Gasteiger partial charge in [-0.15, -0.1) is 0 Å². The van der Waals surface area contributed by atoms with E-state index in [1.165, 1.54) is 11.1 Å². The summed E-state index contributed by atoms with van der Waals surface area (Å²) in [5.74, 6) is -0.934. The molecule has 3 rings (SSSR count). The van der Waals surface area contributed by atoms with Crippen molar-refractivity contribution in [3.63, 3.8) is 0 Å². The highest BCUT2D eigenvalue weighted by molar-refractivity contribution is 5.70. The van der Waals surface area contributed by atoms with Gasteiger partial charge in [-0.2, -0.15) is 0 Å². The summed E-state index contributed by atoms with van der Waals surface area (Å²) < 4.78 is 18.2. The van der Waals surface area contributed by atoms with Gasteiger partial charge >= 0.3 is 5.97 Å². The van der Waals surface area contributed by atoms with Crippen LogP contribution in [0.15, 0.2) is 60.7 Å². The molecule has 1 saturated heterocycles. The van der Waals surface area contributed by atoms with Crippen molar-refractivity contribution in [2.24, 2.45) is 0 Å². The maximum atomic E-state index is 13.1. The van der Waals surface area contributed by atoms with Gasteiger partial charge in [0.25, 0.3) is 0 Å². The summed E-state index contributed by atoms with van der Waals surface area (Å²) in [7, 11) is 0. The Morgan fingerprint density at radius 3 is 2.12 bits per heavy atom. The number of ether oxygens (including phenoxy) is 3. The molecule has 0 spiro atoms. The first-order valence-corrected chi connectivity index (χ1v) is 11.9. The molecular weight excluding hydrogens is 414 g/mol. The summed E-state index contributed by atoms with van der Waals surface area (Å²) in [4.78, 5) is 15.4. The first-order chi connectivity index (χ1) is 15.5. The second kappa shape index (κ2) is 10.4. The third kappa shape index (κ3) is 7.13. The van der Waals surface area contributed by atoms with Gasteiger partial charge in [-0.1, -0.05) is 60.7 Å². The number of rotatable bonds is 8. The Kier molecular flexibility index (Phi) is 7.99. The van der Waals surface area contributed by atoms with Crippen molar-refractivity contribution in [3.8, 4) is 0 Å². The van der Waals surface area contributed by atoms with E-state index in [-0.39, 0.29) is 36.7 Å². The predicted molar refractivity (Wildman–Crippen MR) is 131 cm³/mol. The van der Waals surface area contributed by atoms with Crippen molar-refractivity contribution in [1.29, 1.82) is 0 Å².